The number of hydrogen-bond donors (Lipinski definition) is 2. The molecule has 5 heteroatoms. The summed E-state index contributed by atoms with van der Waals surface area (Å²) in [5.41, 5.74) is 0.754. The molecule has 1 aliphatic rings. The molecule has 2 unspecified atom stereocenters. The van der Waals surface area contributed by atoms with Crippen LogP contribution in [0.1, 0.15) is 12.0 Å². The molecule has 2 N–H and O–H groups in total. The largest absolute Gasteiger partial charge is 0.392 e. The maximum atomic E-state index is 13.0. The van der Waals surface area contributed by atoms with Crippen molar-refractivity contribution in [1.29, 1.82) is 0 Å². The topological polar surface area (TPSA) is 52.6 Å². The molecule has 18 heavy (non-hydrogen) atoms. The van der Waals surface area contributed by atoms with E-state index in [1.165, 1.54) is 12.1 Å². The number of amides is 1. The monoisotopic (exact) mass is 252 g/mol. The third kappa shape index (κ3) is 3.05. The smallest absolute Gasteiger partial charge is 0.239 e. The van der Waals surface area contributed by atoms with Crippen molar-refractivity contribution in [3.8, 4) is 0 Å². The molecule has 1 aromatic carbocycles. The maximum absolute atomic E-state index is 13.0. The highest BCUT2D eigenvalue weighted by Crippen LogP contribution is 2.12. The molecule has 4 nitrogen and oxygen atoms in total. The van der Waals surface area contributed by atoms with Crippen molar-refractivity contribution in [1.82, 2.24) is 10.2 Å². The number of halogens is 1. The van der Waals surface area contributed by atoms with E-state index in [2.05, 4.69) is 5.32 Å². The molecule has 0 aromatic heterocycles. The molecular weight excluding hydrogens is 235 g/mol. The molecule has 1 amide bonds. The van der Waals surface area contributed by atoms with Gasteiger partial charge in [-0.2, -0.15) is 0 Å². The third-order valence-corrected chi connectivity index (χ3v) is 3.09. The number of hydrogen-bond acceptors (Lipinski definition) is 3. The molecule has 0 bridgehead atoms. The first kappa shape index (κ1) is 13.0. The number of aliphatic hydroxyl groups is 1. The lowest BCUT2D eigenvalue weighted by molar-refractivity contribution is -0.132. The van der Waals surface area contributed by atoms with E-state index in [4.69, 9.17) is 0 Å². The molecule has 1 fully saturated rings. The van der Waals surface area contributed by atoms with Crippen LogP contribution in [0.25, 0.3) is 0 Å². The van der Waals surface area contributed by atoms with Crippen molar-refractivity contribution in [2.45, 2.75) is 25.1 Å². The lowest BCUT2D eigenvalue weighted by Gasteiger charge is -2.21. The second-order valence-electron chi connectivity index (χ2n) is 4.67. The van der Waals surface area contributed by atoms with Gasteiger partial charge in [0, 0.05) is 20.1 Å². The van der Waals surface area contributed by atoms with Crippen molar-refractivity contribution in [2.24, 2.45) is 0 Å². The Labute approximate surface area is 105 Å². The van der Waals surface area contributed by atoms with Crippen LogP contribution < -0.4 is 5.32 Å². The van der Waals surface area contributed by atoms with Crippen LogP contribution in [0.4, 0.5) is 4.39 Å². The van der Waals surface area contributed by atoms with Crippen LogP contribution in [0.3, 0.4) is 0 Å². The predicted octanol–water partition coefficient (Wildman–Crippen LogP) is 0.507. The Hall–Kier alpha value is -1.46. The van der Waals surface area contributed by atoms with Crippen molar-refractivity contribution in [2.75, 3.05) is 13.6 Å². The standard InChI is InChI=1S/C13H17FN2O2/c1-16(8-9-3-2-4-10(14)5-9)13(18)12-6-11(17)7-15-12/h2-5,11-12,15,17H,6-8H2,1H3. The van der Waals surface area contributed by atoms with Gasteiger partial charge in [0.15, 0.2) is 0 Å². The van der Waals surface area contributed by atoms with E-state index in [9.17, 15) is 14.3 Å². The quantitative estimate of drug-likeness (QED) is 0.824. The summed E-state index contributed by atoms with van der Waals surface area (Å²) in [7, 11) is 1.68. The highest BCUT2D eigenvalue weighted by atomic mass is 19.1. The van der Waals surface area contributed by atoms with Gasteiger partial charge in [-0.25, -0.2) is 4.39 Å². The molecule has 1 aliphatic heterocycles. The first-order valence-corrected chi connectivity index (χ1v) is 5.97. The summed E-state index contributed by atoms with van der Waals surface area (Å²) in [6.45, 7) is 0.815. The number of rotatable bonds is 3. The van der Waals surface area contributed by atoms with Crippen molar-refractivity contribution < 1.29 is 14.3 Å². The molecule has 0 spiro atoms. The fraction of sp³-hybridized carbons (Fsp3) is 0.462. The van der Waals surface area contributed by atoms with Crippen LogP contribution in [0.5, 0.6) is 0 Å². The summed E-state index contributed by atoms with van der Waals surface area (Å²) >= 11 is 0. The Morgan fingerprint density at radius 2 is 2.39 bits per heavy atom. The normalized spacial score (nSPS) is 23.1. The van der Waals surface area contributed by atoms with E-state index in [-0.39, 0.29) is 17.8 Å². The Bertz CT molecular complexity index is 439. The van der Waals surface area contributed by atoms with Crippen molar-refractivity contribution in [3.63, 3.8) is 0 Å². The summed E-state index contributed by atoms with van der Waals surface area (Å²) in [5.74, 6) is -0.376. The van der Waals surface area contributed by atoms with Gasteiger partial charge in [0.25, 0.3) is 0 Å². The zero-order valence-corrected chi connectivity index (χ0v) is 10.3. The summed E-state index contributed by atoms with van der Waals surface area (Å²) in [6, 6.07) is 5.86. The predicted molar refractivity (Wildman–Crippen MR) is 65.3 cm³/mol. The average molecular weight is 252 g/mol. The maximum Gasteiger partial charge on any atom is 0.239 e. The minimum Gasteiger partial charge on any atom is -0.392 e. The zero-order chi connectivity index (χ0) is 13.1. The molecule has 1 saturated heterocycles. The Morgan fingerprint density at radius 3 is 3.00 bits per heavy atom. The van der Waals surface area contributed by atoms with E-state index in [1.54, 1.807) is 24.1 Å². The van der Waals surface area contributed by atoms with E-state index in [1.807, 2.05) is 0 Å². The van der Waals surface area contributed by atoms with Gasteiger partial charge < -0.3 is 15.3 Å². The van der Waals surface area contributed by atoms with Gasteiger partial charge in [-0.05, 0) is 24.1 Å². The molecule has 98 valence electrons. The lowest BCUT2D eigenvalue weighted by Crippen LogP contribution is -2.41. The second kappa shape index (κ2) is 5.46. The van der Waals surface area contributed by atoms with Crippen LogP contribution >= 0.6 is 0 Å². The van der Waals surface area contributed by atoms with Gasteiger partial charge in [-0.3, -0.25) is 4.79 Å². The van der Waals surface area contributed by atoms with Gasteiger partial charge in [-0.1, -0.05) is 12.1 Å². The Morgan fingerprint density at radius 1 is 1.61 bits per heavy atom. The molecule has 2 rings (SSSR count). The zero-order valence-electron chi connectivity index (χ0n) is 10.3. The second-order valence-corrected chi connectivity index (χ2v) is 4.67. The van der Waals surface area contributed by atoms with Crippen LogP contribution in [0.15, 0.2) is 24.3 Å². The number of nitrogens with one attached hydrogen (secondary N) is 1. The summed E-state index contributed by atoms with van der Waals surface area (Å²) in [5, 5.41) is 12.3. The van der Waals surface area contributed by atoms with Gasteiger partial charge in [-0.15, -0.1) is 0 Å². The third-order valence-electron chi connectivity index (χ3n) is 3.09. The van der Waals surface area contributed by atoms with E-state index in [0.717, 1.165) is 5.56 Å². The van der Waals surface area contributed by atoms with Gasteiger partial charge in [0.05, 0.1) is 12.1 Å². The highest BCUT2D eigenvalue weighted by Gasteiger charge is 2.29. The van der Waals surface area contributed by atoms with Gasteiger partial charge in [0.2, 0.25) is 5.91 Å². The molecular formula is C13H17FN2O2. The number of benzene rings is 1. The average Bonchev–Trinajstić information content (AvgIpc) is 2.75. The molecule has 0 aliphatic carbocycles. The number of likely N-dealkylation sites (N-methyl/N-ethyl adjacent to an activating group) is 1. The van der Waals surface area contributed by atoms with E-state index in [0.29, 0.717) is 19.5 Å². The van der Waals surface area contributed by atoms with Gasteiger partial charge >= 0.3 is 0 Å². The number of aliphatic hydroxyl groups excluding tert-OH is 1. The van der Waals surface area contributed by atoms with Crippen LogP contribution in [-0.2, 0) is 11.3 Å². The Kier molecular flexibility index (Phi) is 3.93. The minimum atomic E-state index is -0.457. The van der Waals surface area contributed by atoms with Crippen molar-refractivity contribution in [3.05, 3.63) is 35.6 Å². The summed E-state index contributed by atoms with van der Waals surface area (Å²) in [6.07, 6.45) is -0.0201. The van der Waals surface area contributed by atoms with Crippen LogP contribution in [0, 0.1) is 5.82 Å². The molecule has 1 heterocycles. The van der Waals surface area contributed by atoms with Crippen LogP contribution in [0.2, 0.25) is 0 Å². The van der Waals surface area contributed by atoms with Crippen molar-refractivity contribution >= 4 is 5.91 Å². The molecule has 0 radical (unpaired) electrons. The lowest BCUT2D eigenvalue weighted by atomic mass is 10.1. The van der Waals surface area contributed by atoms with Gasteiger partial charge in [0.1, 0.15) is 5.82 Å². The first-order valence-electron chi connectivity index (χ1n) is 5.97. The first-order chi connectivity index (χ1) is 8.56. The summed E-state index contributed by atoms with van der Waals surface area (Å²) in [4.78, 5) is 13.6. The fourth-order valence-corrected chi connectivity index (χ4v) is 2.16. The van der Waals surface area contributed by atoms with E-state index < -0.39 is 6.10 Å². The SMILES string of the molecule is CN(Cc1cccc(F)c1)C(=O)C1CC(O)CN1. The van der Waals surface area contributed by atoms with E-state index >= 15 is 0 Å². The van der Waals surface area contributed by atoms with Crippen LogP contribution in [-0.4, -0.2) is 41.7 Å². The number of carbonyl (C=O) groups excluding carboxylic acids is 1. The number of nitrogens with zero attached hydrogens (tertiary/aromatic N) is 1. The number of carbonyl (C=O) groups is 1. The summed E-state index contributed by atoms with van der Waals surface area (Å²) < 4.78 is 13.0. The minimum absolute atomic E-state index is 0.0733. The fourth-order valence-electron chi connectivity index (χ4n) is 2.16. The molecule has 2 atom stereocenters. The Balaban J connectivity index is 1.95. The highest BCUT2D eigenvalue weighted by molar-refractivity contribution is 5.82. The molecule has 1 aromatic rings. The molecule has 0 saturated carbocycles. The number of β-amino-alcohol motifs (C(OH)–C–C–N with tert-alkyl or cyclic N) is 1.